The van der Waals surface area contributed by atoms with Crippen molar-refractivity contribution in [2.75, 3.05) is 19.8 Å². The fraction of sp³-hybridized carbons (Fsp3) is 0.294. The molecule has 0 radical (unpaired) electrons. The number of ether oxygens (including phenoxy) is 5. The molecule has 0 bridgehead atoms. The summed E-state index contributed by atoms with van der Waals surface area (Å²) in [7, 11) is 0. The van der Waals surface area contributed by atoms with E-state index in [0.29, 0.717) is 5.56 Å². The van der Waals surface area contributed by atoms with Crippen molar-refractivity contribution in [3.05, 3.63) is 76.5 Å². The van der Waals surface area contributed by atoms with Crippen LogP contribution < -0.4 is 10.2 Å². The van der Waals surface area contributed by atoms with Gasteiger partial charge in [0.25, 0.3) is 0 Å². The Morgan fingerprint density at radius 2 is 1.59 bits per heavy atom. The van der Waals surface area contributed by atoms with Crippen LogP contribution in [0.2, 0.25) is 0 Å². The van der Waals surface area contributed by atoms with Crippen molar-refractivity contribution >= 4 is 12.0 Å². The number of fused-ring (bicyclic) bond motifs is 1. The molecule has 51 heavy (non-hydrogen) atoms. The summed E-state index contributed by atoms with van der Waals surface area (Å²) in [6, 6.07) is 10.8. The molecule has 1 aliphatic carbocycles. The molecule has 0 saturated carbocycles. The Morgan fingerprint density at radius 1 is 0.863 bits per heavy atom. The van der Waals surface area contributed by atoms with Crippen molar-refractivity contribution in [1.82, 2.24) is 0 Å². The number of hydrogen-bond acceptors (Lipinski definition) is 17. The van der Waals surface area contributed by atoms with Gasteiger partial charge in [0, 0.05) is 23.8 Å². The van der Waals surface area contributed by atoms with E-state index in [1.807, 2.05) is 0 Å². The molecule has 3 aliphatic heterocycles. The fourth-order valence-electron chi connectivity index (χ4n) is 5.37. The molecule has 17 heteroatoms. The van der Waals surface area contributed by atoms with Gasteiger partial charge in [-0.3, -0.25) is 4.79 Å². The van der Waals surface area contributed by atoms with Gasteiger partial charge < -0.3 is 74.1 Å². The maximum absolute atomic E-state index is 12.3. The number of aliphatic hydroxyl groups is 4. The van der Waals surface area contributed by atoms with Gasteiger partial charge in [-0.05, 0) is 48.0 Å². The molecule has 7 atom stereocenters. The van der Waals surface area contributed by atoms with E-state index in [1.54, 1.807) is 0 Å². The summed E-state index contributed by atoms with van der Waals surface area (Å²) < 4.78 is 33.8. The summed E-state index contributed by atoms with van der Waals surface area (Å²) in [6.45, 7) is -1.82. The van der Waals surface area contributed by atoms with Crippen LogP contribution in [-0.4, -0.2) is 114 Å². The number of hydrogen-bond donors (Lipinski definition) is 9. The lowest BCUT2D eigenvalue weighted by Crippen LogP contribution is -2.58. The standard InChI is InChI=1S/C34H32O17/c35-17-9-21(38)18-11-26(29(49-25(18)10-17)16-3-5-20(37)23(40)8-16)50-32-30(28(43)24(41)12-46-32)51-33-31(44)34(45,14-48-33)13-47-27(42)6-2-15-1-4-19(36)22(39)7-15/h1-11,24,28,30-33,36-41,43-45H,12-14H2/t24-,28+,30-,31+,32+,33+,34-/m1/s1. The maximum Gasteiger partial charge on any atom is 0.330 e. The minimum Gasteiger partial charge on any atom is -0.507 e. The quantitative estimate of drug-likeness (QED) is 0.0649. The van der Waals surface area contributed by atoms with Crippen molar-refractivity contribution in [1.29, 1.82) is 0 Å². The zero-order chi connectivity index (χ0) is 36.6. The Morgan fingerprint density at radius 3 is 2.31 bits per heavy atom. The van der Waals surface area contributed by atoms with Crippen LogP contribution in [0.1, 0.15) is 5.56 Å². The Balaban J connectivity index is 1.21. The molecule has 2 aromatic rings. The Hall–Kier alpha value is -5.40. The highest BCUT2D eigenvalue weighted by atomic mass is 16.8. The van der Waals surface area contributed by atoms with E-state index >= 15 is 0 Å². The highest BCUT2D eigenvalue weighted by molar-refractivity contribution is 5.87. The van der Waals surface area contributed by atoms with Crippen LogP contribution in [0.3, 0.4) is 0 Å². The third-order valence-corrected chi connectivity index (χ3v) is 8.19. The van der Waals surface area contributed by atoms with Gasteiger partial charge in [-0.25, -0.2) is 4.79 Å². The van der Waals surface area contributed by atoms with Gasteiger partial charge in [-0.2, -0.15) is 0 Å². The first-order chi connectivity index (χ1) is 24.2. The number of aliphatic hydroxyl groups excluding tert-OH is 3. The smallest absolute Gasteiger partial charge is 0.330 e. The first-order valence-corrected chi connectivity index (χ1v) is 15.2. The van der Waals surface area contributed by atoms with E-state index in [4.69, 9.17) is 28.1 Å². The van der Waals surface area contributed by atoms with Crippen LogP contribution in [0.4, 0.5) is 0 Å². The second-order valence-corrected chi connectivity index (χ2v) is 11.9. The largest absolute Gasteiger partial charge is 0.507 e. The van der Waals surface area contributed by atoms with Gasteiger partial charge in [-0.15, -0.1) is 0 Å². The second-order valence-electron chi connectivity index (χ2n) is 11.9. The topological polar surface area (TPSA) is 275 Å². The summed E-state index contributed by atoms with van der Waals surface area (Å²) in [6.07, 6.45) is -7.74. The van der Waals surface area contributed by atoms with Gasteiger partial charge in [-0.1, -0.05) is 6.07 Å². The SMILES string of the molecule is O=C(C=Cc1ccc(O)c(O)c1)OC[C@@]1(O)CO[C@@H](O[C@H]2[C@H](Oc3cc4c(O)cc(=O)cc-4oc3-c3ccc(O)c(O)c3)OC[C@@H](O)[C@@H]2O)[C@@H]1O. The van der Waals surface area contributed by atoms with Crippen molar-refractivity contribution < 1.29 is 78.9 Å². The van der Waals surface area contributed by atoms with E-state index in [2.05, 4.69) is 0 Å². The molecule has 9 N–H and O–H groups in total. The number of esters is 1. The first-order valence-electron chi connectivity index (χ1n) is 15.2. The van der Waals surface area contributed by atoms with E-state index in [0.717, 1.165) is 30.3 Å². The number of benzene rings is 3. The van der Waals surface area contributed by atoms with Gasteiger partial charge in [0.1, 0.15) is 36.4 Å². The van der Waals surface area contributed by atoms with Crippen molar-refractivity contribution in [3.8, 4) is 57.1 Å². The van der Waals surface area contributed by atoms with Crippen molar-refractivity contribution in [2.24, 2.45) is 0 Å². The lowest BCUT2D eigenvalue weighted by Gasteiger charge is -2.39. The average Bonchev–Trinajstić information content (AvgIpc) is 3.37. The third kappa shape index (κ3) is 7.40. The minimum atomic E-state index is -2.19. The summed E-state index contributed by atoms with van der Waals surface area (Å²) in [5.74, 6) is -3.51. The molecule has 17 nitrogen and oxygen atoms in total. The van der Waals surface area contributed by atoms with Gasteiger partial charge in [0.15, 0.2) is 57.9 Å². The number of phenols is 5. The predicted octanol–water partition coefficient (Wildman–Crippen LogP) is 0.487. The van der Waals surface area contributed by atoms with E-state index in [9.17, 15) is 55.5 Å². The molecule has 2 aromatic carbocycles. The summed E-state index contributed by atoms with van der Waals surface area (Å²) in [5.41, 5.74) is -2.25. The molecule has 2 fully saturated rings. The third-order valence-electron chi connectivity index (χ3n) is 8.19. The second kappa shape index (κ2) is 14.1. The minimum absolute atomic E-state index is 0.0235. The van der Waals surface area contributed by atoms with Crippen molar-refractivity contribution in [2.45, 2.75) is 42.6 Å². The average molecular weight is 713 g/mol. The predicted molar refractivity (Wildman–Crippen MR) is 170 cm³/mol. The molecule has 0 amide bonds. The number of aromatic hydroxyl groups is 5. The van der Waals surface area contributed by atoms with Gasteiger partial charge in [0.2, 0.25) is 6.29 Å². The van der Waals surface area contributed by atoms with E-state index in [1.165, 1.54) is 36.4 Å². The summed E-state index contributed by atoms with van der Waals surface area (Å²) in [5, 5.41) is 92.8. The number of rotatable bonds is 9. The van der Waals surface area contributed by atoms with Gasteiger partial charge >= 0.3 is 5.97 Å². The van der Waals surface area contributed by atoms with Crippen molar-refractivity contribution in [3.63, 3.8) is 0 Å². The monoisotopic (exact) mass is 712 g/mol. The van der Waals surface area contributed by atoms with Gasteiger partial charge in [0.05, 0.1) is 18.8 Å². The van der Waals surface area contributed by atoms with E-state index in [-0.39, 0.29) is 34.1 Å². The number of carbonyl (C=O) groups is 1. The molecule has 4 aliphatic rings. The summed E-state index contributed by atoms with van der Waals surface area (Å²) >= 11 is 0. The maximum atomic E-state index is 12.3. The van der Waals surface area contributed by atoms with Crippen LogP contribution in [-0.2, 0) is 23.7 Å². The molecule has 3 heterocycles. The molecule has 0 unspecified atom stereocenters. The molecule has 0 aromatic heterocycles. The Kier molecular flexibility index (Phi) is 9.78. The molecule has 2 saturated heterocycles. The fourth-order valence-corrected chi connectivity index (χ4v) is 5.37. The zero-order valence-electron chi connectivity index (χ0n) is 26.2. The van der Waals surface area contributed by atoms with E-state index < -0.39 is 96.8 Å². The molecular formula is C34H32O17. The normalized spacial score (nSPS) is 26.4. The molecular weight excluding hydrogens is 680 g/mol. The number of phenolic OH excluding ortho intramolecular Hbond substituents is 5. The van der Waals surface area contributed by atoms with Crippen LogP contribution in [0.25, 0.3) is 28.7 Å². The Bertz CT molecular complexity index is 1970. The van der Waals surface area contributed by atoms with Crippen LogP contribution in [0, 0.1) is 0 Å². The van der Waals surface area contributed by atoms with Crippen LogP contribution in [0.15, 0.2) is 69.9 Å². The zero-order valence-corrected chi connectivity index (χ0v) is 26.2. The lowest BCUT2D eigenvalue weighted by atomic mass is 10.0. The number of carbonyl (C=O) groups excluding carboxylic acids is 1. The molecule has 0 spiro atoms. The van der Waals surface area contributed by atoms with Crippen LogP contribution >= 0.6 is 0 Å². The summed E-state index contributed by atoms with van der Waals surface area (Å²) in [4.78, 5) is 24.4. The highest BCUT2D eigenvalue weighted by Gasteiger charge is 2.53. The molecule has 270 valence electrons. The highest BCUT2D eigenvalue weighted by Crippen LogP contribution is 2.43. The first kappa shape index (κ1) is 35.4. The Labute approximate surface area is 286 Å². The lowest BCUT2D eigenvalue weighted by molar-refractivity contribution is -0.297. The van der Waals surface area contributed by atoms with Crippen LogP contribution in [0.5, 0.6) is 34.5 Å². The molecule has 6 rings (SSSR count).